The summed E-state index contributed by atoms with van der Waals surface area (Å²) in [5.41, 5.74) is 2.16. The molecule has 0 aliphatic heterocycles. The Morgan fingerprint density at radius 1 is 1.08 bits per heavy atom. The van der Waals surface area contributed by atoms with Crippen molar-refractivity contribution >= 4 is 17.4 Å². The van der Waals surface area contributed by atoms with E-state index >= 15 is 0 Å². The van der Waals surface area contributed by atoms with E-state index in [1.165, 1.54) is 6.07 Å². The highest BCUT2D eigenvalue weighted by atomic mass is 32.1. The number of aliphatic imine (C=N–C) groups is 1. The third-order valence-electron chi connectivity index (χ3n) is 4.55. The molecule has 4 nitrogen and oxygen atoms in total. The first-order valence-electron chi connectivity index (χ1n) is 8.34. The Balaban J connectivity index is 1.67. The summed E-state index contributed by atoms with van der Waals surface area (Å²) in [6.45, 7) is 0.247. The molecule has 0 spiro atoms. The van der Waals surface area contributed by atoms with E-state index in [0.29, 0.717) is 17.1 Å². The third kappa shape index (κ3) is 4.10. The van der Waals surface area contributed by atoms with E-state index in [1.54, 1.807) is 26.4 Å². The van der Waals surface area contributed by atoms with Crippen LogP contribution in [0.15, 0.2) is 41.4 Å². The van der Waals surface area contributed by atoms with Crippen molar-refractivity contribution < 1.29 is 18.6 Å². The summed E-state index contributed by atoms with van der Waals surface area (Å²) in [5.74, 6) is 0.958. The Bertz CT molecular complexity index is 830. The van der Waals surface area contributed by atoms with Gasteiger partial charge in [0, 0.05) is 5.56 Å². The minimum Gasteiger partial charge on any atom is -0.493 e. The van der Waals surface area contributed by atoms with Crippen molar-refractivity contribution in [3.63, 3.8) is 0 Å². The summed E-state index contributed by atoms with van der Waals surface area (Å²) < 4.78 is 30.7. The SMILES string of the molecule is COc1ccc(-c2ccc(CO[C@H]3C[C@@H](N=C=S)C3)c(F)c2)cc1OC. The van der Waals surface area contributed by atoms with Crippen LogP contribution in [-0.4, -0.2) is 31.5 Å². The molecular weight excluding hydrogens is 353 g/mol. The topological polar surface area (TPSA) is 40.0 Å². The summed E-state index contributed by atoms with van der Waals surface area (Å²) in [6, 6.07) is 10.9. The molecule has 1 aliphatic carbocycles. The normalized spacial score (nSPS) is 18.6. The lowest BCUT2D eigenvalue weighted by Crippen LogP contribution is -2.34. The molecule has 1 aliphatic rings. The Kier molecular flexibility index (Phi) is 5.99. The molecule has 0 saturated heterocycles. The van der Waals surface area contributed by atoms with Crippen LogP contribution in [0.2, 0.25) is 0 Å². The molecular formula is C20H20FNO3S. The number of ether oxygens (including phenoxy) is 3. The first-order chi connectivity index (χ1) is 12.6. The number of nitrogens with zero attached hydrogens (tertiary/aromatic N) is 1. The van der Waals surface area contributed by atoms with Crippen LogP contribution in [0.1, 0.15) is 18.4 Å². The maximum Gasteiger partial charge on any atom is 0.161 e. The first kappa shape index (κ1) is 18.5. The van der Waals surface area contributed by atoms with Crippen LogP contribution in [0.3, 0.4) is 0 Å². The molecule has 0 radical (unpaired) electrons. The van der Waals surface area contributed by atoms with E-state index in [1.807, 2.05) is 18.2 Å². The number of rotatable bonds is 7. The van der Waals surface area contributed by atoms with Crippen molar-refractivity contribution in [1.82, 2.24) is 0 Å². The van der Waals surface area contributed by atoms with Gasteiger partial charge in [0.15, 0.2) is 11.5 Å². The molecule has 1 fully saturated rings. The van der Waals surface area contributed by atoms with Crippen molar-refractivity contribution in [3.8, 4) is 22.6 Å². The quantitative estimate of drug-likeness (QED) is 0.523. The van der Waals surface area contributed by atoms with Gasteiger partial charge in [0.1, 0.15) is 5.82 Å². The molecule has 0 aromatic heterocycles. The summed E-state index contributed by atoms with van der Waals surface area (Å²) in [5, 5.41) is 2.39. The fraction of sp³-hybridized carbons (Fsp3) is 0.350. The Morgan fingerprint density at radius 2 is 1.77 bits per heavy atom. The number of isothiocyanates is 1. The van der Waals surface area contributed by atoms with Crippen molar-refractivity contribution in [2.24, 2.45) is 4.99 Å². The molecule has 0 unspecified atom stereocenters. The summed E-state index contributed by atoms with van der Waals surface area (Å²) in [4.78, 5) is 4.02. The molecule has 0 bridgehead atoms. The maximum absolute atomic E-state index is 14.5. The van der Waals surface area contributed by atoms with Crippen molar-refractivity contribution in [1.29, 1.82) is 0 Å². The molecule has 0 atom stereocenters. The summed E-state index contributed by atoms with van der Waals surface area (Å²) in [6.07, 6.45) is 1.74. The Morgan fingerprint density at radius 3 is 2.42 bits per heavy atom. The van der Waals surface area contributed by atoms with Crippen molar-refractivity contribution in [2.75, 3.05) is 14.2 Å². The molecule has 3 rings (SSSR count). The van der Waals surface area contributed by atoms with E-state index in [-0.39, 0.29) is 24.6 Å². The van der Waals surface area contributed by atoms with Crippen molar-refractivity contribution in [3.05, 3.63) is 47.8 Å². The average molecular weight is 373 g/mol. The molecule has 2 aromatic rings. The smallest absolute Gasteiger partial charge is 0.161 e. The minimum absolute atomic E-state index is 0.108. The predicted octanol–water partition coefficient (Wildman–Crippen LogP) is 4.66. The van der Waals surface area contributed by atoms with Gasteiger partial charge >= 0.3 is 0 Å². The third-order valence-corrected chi connectivity index (χ3v) is 4.66. The van der Waals surface area contributed by atoms with Crippen LogP contribution in [0.5, 0.6) is 11.5 Å². The zero-order chi connectivity index (χ0) is 18.5. The van der Waals surface area contributed by atoms with Gasteiger partial charge in [0.2, 0.25) is 0 Å². The highest BCUT2D eigenvalue weighted by Gasteiger charge is 2.29. The molecule has 0 amide bonds. The van der Waals surface area contributed by atoms with Crippen LogP contribution >= 0.6 is 12.2 Å². The lowest BCUT2D eigenvalue weighted by atomic mass is 9.90. The number of hydrogen-bond acceptors (Lipinski definition) is 5. The Hall–Kier alpha value is -2.27. The molecule has 2 aromatic carbocycles. The largest absolute Gasteiger partial charge is 0.493 e. The van der Waals surface area contributed by atoms with Crippen LogP contribution in [0.4, 0.5) is 4.39 Å². The fourth-order valence-corrected chi connectivity index (χ4v) is 3.07. The lowest BCUT2D eigenvalue weighted by Gasteiger charge is -2.31. The summed E-state index contributed by atoms with van der Waals surface area (Å²) in [7, 11) is 3.16. The van der Waals surface area contributed by atoms with Crippen LogP contribution < -0.4 is 9.47 Å². The van der Waals surface area contributed by atoms with Crippen LogP contribution in [-0.2, 0) is 11.3 Å². The number of halogens is 1. The molecule has 1 saturated carbocycles. The van der Waals surface area contributed by atoms with Crippen LogP contribution in [0, 0.1) is 5.82 Å². The van der Waals surface area contributed by atoms with Gasteiger partial charge in [0.05, 0.1) is 38.1 Å². The molecule has 0 N–H and O–H groups in total. The van der Waals surface area contributed by atoms with E-state index in [9.17, 15) is 4.39 Å². The van der Waals surface area contributed by atoms with Gasteiger partial charge in [-0.15, -0.1) is 0 Å². The number of hydrogen-bond donors (Lipinski definition) is 0. The summed E-state index contributed by atoms with van der Waals surface area (Å²) >= 11 is 4.59. The standard InChI is InChI=1S/C20H20FNO3S/c1-23-19-6-5-14(8-20(19)24-2)13-3-4-15(18(21)7-13)11-25-17-9-16(10-17)22-12-26/h3-8,16-17H,9-11H2,1-2H3/t16-,17+. The monoisotopic (exact) mass is 373 g/mol. The highest BCUT2D eigenvalue weighted by Crippen LogP contribution is 2.33. The Labute approximate surface area is 157 Å². The second-order valence-electron chi connectivity index (χ2n) is 6.15. The van der Waals surface area contributed by atoms with Crippen LogP contribution in [0.25, 0.3) is 11.1 Å². The first-order valence-corrected chi connectivity index (χ1v) is 8.74. The van der Waals surface area contributed by atoms with Gasteiger partial charge in [-0.25, -0.2) is 9.38 Å². The zero-order valence-electron chi connectivity index (χ0n) is 14.7. The van der Waals surface area contributed by atoms with Gasteiger partial charge in [-0.1, -0.05) is 18.2 Å². The molecule has 136 valence electrons. The van der Waals surface area contributed by atoms with Gasteiger partial charge < -0.3 is 14.2 Å². The number of thiocarbonyl (C=S) groups is 1. The van der Waals surface area contributed by atoms with Gasteiger partial charge in [-0.2, -0.15) is 0 Å². The van der Waals surface area contributed by atoms with E-state index in [2.05, 4.69) is 22.4 Å². The fourth-order valence-electron chi connectivity index (χ4n) is 2.92. The van der Waals surface area contributed by atoms with Crippen molar-refractivity contribution in [2.45, 2.75) is 31.6 Å². The lowest BCUT2D eigenvalue weighted by molar-refractivity contribution is -0.0192. The van der Waals surface area contributed by atoms with Gasteiger partial charge in [-0.3, -0.25) is 0 Å². The number of methoxy groups -OCH3 is 2. The predicted molar refractivity (Wildman–Crippen MR) is 102 cm³/mol. The second-order valence-corrected chi connectivity index (χ2v) is 6.34. The maximum atomic E-state index is 14.5. The molecule has 6 heteroatoms. The zero-order valence-corrected chi connectivity index (χ0v) is 15.5. The highest BCUT2D eigenvalue weighted by molar-refractivity contribution is 7.78. The molecule has 0 heterocycles. The average Bonchev–Trinajstić information content (AvgIpc) is 2.63. The number of benzene rings is 2. The van der Waals surface area contributed by atoms with E-state index < -0.39 is 0 Å². The second kappa shape index (κ2) is 8.41. The van der Waals surface area contributed by atoms with Gasteiger partial charge in [-0.05, 0) is 54.4 Å². The molecule has 26 heavy (non-hydrogen) atoms. The van der Waals surface area contributed by atoms with Gasteiger partial charge in [0.25, 0.3) is 0 Å². The van der Waals surface area contributed by atoms with E-state index in [0.717, 1.165) is 24.0 Å². The minimum atomic E-state index is -0.287. The van der Waals surface area contributed by atoms with E-state index in [4.69, 9.17) is 14.2 Å².